The fraction of sp³-hybridized carbons (Fsp3) is 0.316. The van der Waals surface area contributed by atoms with Gasteiger partial charge in [0.25, 0.3) is 0 Å². The third-order valence-corrected chi connectivity index (χ3v) is 5.01. The Morgan fingerprint density at radius 2 is 1.93 bits per heavy atom. The van der Waals surface area contributed by atoms with Crippen molar-refractivity contribution in [3.63, 3.8) is 0 Å². The van der Waals surface area contributed by atoms with E-state index in [-0.39, 0.29) is 24.0 Å². The number of aliphatic imine (C=N–C) groups is 1. The smallest absolute Gasteiger partial charge is 0.226 e. The van der Waals surface area contributed by atoms with E-state index in [2.05, 4.69) is 32.5 Å². The van der Waals surface area contributed by atoms with Crippen molar-refractivity contribution in [3.8, 4) is 11.5 Å². The van der Waals surface area contributed by atoms with Crippen LogP contribution in [0.4, 0.5) is 0 Å². The normalized spacial score (nSPS) is 11.1. The molecule has 2 aromatic heterocycles. The minimum absolute atomic E-state index is 0. The number of guanidine groups is 1. The second-order valence-electron chi connectivity index (χ2n) is 5.85. The predicted octanol–water partition coefficient (Wildman–Crippen LogP) is 3.94. The number of aromatic nitrogens is 2. The largest absolute Gasteiger partial charge is 0.444 e. The van der Waals surface area contributed by atoms with Gasteiger partial charge in [0, 0.05) is 30.5 Å². The van der Waals surface area contributed by atoms with Gasteiger partial charge in [0.1, 0.15) is 6.26 Å². The van der Waals surface area contributed by atoms with E-state index in [1.165, 1.54) is 4.88 Å². The Morgan fingerprint density at radius 3 is 2.59 bits per heavy atom. The first-order valence-electron chi connectivity index (χ1n) is 8.53. The molecule has 0 saturated carbocycles. The van der Waals surface area contributed by atoms with Crippen LogP contribution in [0.1, 0.15) is 21.3 Å². The molecule has 2 N–H and O–H groups in total. The summed E-state index contributed by atoms with van der Waals surface area (Å²) < 4.78 is 5.55. The molecule has 3 aromatic rings. The second-order valence-corrected chi connectivity index (χ2v) is 7.14. The summed E-state index contributed by atoms with van der Waals surface area (Å²) in [6, 6.07) is 9.87. The van der Waals surface area contributed by atoms with Crippen molar-refractivity contribution in [3.05, 3.63) is 57.9 Å². The number of nitrogens with one attached hydrogen (secondary N) is 2. The van der Waals surface area contributed by atoms with Crippen molar-refractivity contribution in [2.45, 2.75) is 26.8 Å². The van der Waals surface area contributed by atoms with Gasteiger partial charge < -0.3 is 15.1 Å². The number of hydrogen-bond donors (Lipinski definition) is 2. The van der Waals surface area contributed by atoms with E-state index in [0.29, 0.717) is 12.4 Å². The Balaban J connectivity index is 0.00000261. The highest BCUT2D eigenvalue weighted by Crippen LogP contribution is 2.18. The Bertz CT molecular complexity index is 875. The minimum Gasteiger partial charge on any atom is -0.444 e. The van der Waals surface area contributed by atoms with Crippen LogP contribution in [0, 0.1) is 13.8 Å². The standard InChI is InChI=1S/C19H23N5OS.HI/c1-13-17(26-14(2)23-13)9-10-21-19(20-3)22-11-16-12-25-18(24-16)15-7-5-4-6-8-15;/h4-8,12H,9-11H2,1-3H3,(H2,20,21,22);1H. The molecule has 27 heavy (non-hydrogen) atoms. The quantitative estimate of drug-likeness (QED) is 0.307. The molecule has 0 aliphatic carbocycles. The van der Waals surface area contributed by atoms with Crippen molar-refractivity contribution in [2.24, 2.45) is 4.99 Å². The van der Waals surface area contributed by atoms with Crippen LogP contribution in [0.5, 0.6) is 0 Å². The third kappa shape index (κ3) is 6.03. The molecule has 0 fully saturated rings. The van der Waals surface area contributed by atoms with Gasteiger partial charge in [-0.15, -0.1) is 35.3 Å². The van der Waals surface area contributed by atoms with E-state index in [1.807, 2.05) is 37.3 Å². The molecule has 0 unspecified atom stereocenters. The van der Waals surface area contributed by atoms with Crippen molar-refractivity contribution in [2.75, 3.05) is 13.6 Å². The lowest BCUT2D eigenvalue weighted by Crippen LogP contribution is -2.37. The zero-order valence-electron chi connectivity index (χ0n) is 15.7. The van der Waals surface area contributed by atoms with Crippen LogP contribution in [-0.4, -0.2) is 29.5 Å². The Kier molecular flexibility index (Phi) is 8.23. The van der Waals surface area contributed by atoms with Gasteiger partial charge in [0.2, 0.25) is 5.89 Å². The molecule has 0 aliphatic rings. The van der Waals surface area contributed by atoms with Crippen molar-refractivity contribution in [1.29, 1.82) is 0 Å². The summed E-state index contributed by atoms with van der Waals surface area (Å²) in [6.07, 6.45) is 2.60. The van der Waals surface area contributed by atoms with E-state index in [0.717, 1.165) is 40.9 Å². The van der Waals surface area contributed by atoms with Crippen LogP contribution in [0.3, 0.4) is 0 Å². The number of thiazole rings is 1. The topological polar surface area (TPSA) is 75.3 Å². The van der Waals surface area contributed by atoms with Gasteiger partial charge in [0.15, 0.2) is 5.96 Å². The lowest BCUT2D eigenvalue weighted by molar-refractivity contribution is 0.572. The lowest BCUT2D eigenvalue weighted by atomic mass is 10.2. The fourth-order valence-electron chi connectivity index (χ4n) is 2.60. The molecule has 1 aromatic carbocycles. The summed E-state index contributed by atoms with van der Waals surface area (Å²) in [4.78, 5) is 14.5. The van der Waals surface area contributed by atoms with Gasteiger partial charge in [-0.25, -0.2) is 9.97 Å². The molecule has 3 rings (SSSR count). The molecular weight excluding hydrogens is 473 g/mol. The van der Waals surface area contributed by atoms with Crippen LogP contribution < -0.4 is 10.6 Å². The number of nitrogens with zero attached hydrogens (tertiary/aromatic N) is 3. The van der Waals surface area contributed by atoms with Gasteiger partial charge in [0.05, 0.1) is 22.9 Å². The van der Waals surface area contributed by atoms with Gasteiger partial charge in [-0.05, 0) is 26.0 Å². The Hall–Kier alpha value is -1.94. The van der Waals surface area contributed by atoms with E-state index in [4.69, 9.17) is 4.42 Å². The predicted molar refractivity (Wildman–Crippen MR) is 121 cm³/mol. The van der Waals surface area contributed by atoms with E-state index in [9.17, 15) is 0 Å². The summed E-state index contributed by atoms with van der Waals surface area (Å²) in [7, 11) is 1.76. The number of rotatable bonds is 6. The first-order valence-corrected chi connectivity index (χ1v) is 9.34. The molecule has 2 heterocycles. The van der Waals surface area contributed by atoms with Crippen molar-refractivity contribution < 1.29 is 4.42 Å². The van der Waals surface area contributed by atoms with Crippen LogP contribution >= 0.6 is 35.3 Å². The van der Waals surface area contributed by atoms with Crippen molar-refractivity contribution in [1.82, 2.24) is 20.6 Å². The summed E-state index contributed by atoms with van der Waals surface area (Å²) >= 11 is 1.75. The zero-order valence-corrected chi connectivity index (χ0v) is 18.8. The number of oxazole rings is 1. The average molecular weight is 497 g/mol. The lowest BCUT2D eigenvalue weighted by Gasteiger charge is -2.10. The van der Waals surface area contributed by atoms with E-state index in [1.54, 1.807) is 24.6 Å². The maximum absolute atomic E-state index is 5.55. The van der Waals surface area contributed by atoms with Crippen LogP contribution in [0.15, 0.2) is 46.0 Å². The zero-order chi connectivity index (χ0) is 18.4. The summed E-state index contributed by atoms with van der Waals surface area (Å²) in [5.74, 6) is 1.37. The summed E-state index contributed by atoms with van der Waals surface area (Å²) in [6.45, 7) is 5.45. The van der Waals surface area contributed by atoms with Gasteiger partial charge in [-0.2, -0.15) is 0 Å². The maximum Gasteiger partial charge on any atom is 0.226 e. The van der Waals surface area contributed by atoms with E-state index >= 15 is 0 Å². The Morgan fingerprint density at radius 1 is 1.15 bits per heavy atom. The first-order chi connectivity index (χ1) is 12.7. The monoisotopic (exact) mass is 497 g/mol. The molecule has 0 radical (unpaired) electrons. The van der Waals surface area contributed by atoms with Gasteiger partial charge in [-0.3, -0.25) is 4.99 Å². The molecule has 0 saturated heterocycles. The molecule has 144 valence electrons. The number of hydrogen-bond acceptors (Lipinski definition) is 5. The molecule has 6 nitrogen and oxygen atoms in total. The maximum atomic E-state index is 5.55. The fourth-order valence-corrected chi connectivity index (χ4v) is 3.53. The van der Waals surface area contributed by atoms with E-state index < -0.39 is 0 Å². The molecule has 0 aliphatic heterocycles. The molecule has 0 amide bonds. The highest BCUT2D eigenvalue weighted by Gasteiger charge is 2.08. The van der Waals surface area contributed by atoms with Crippen LogP contribution in [-0.2, 0) is 13.0 Å². The number of benzene rings is 1. The molecule has 0 spiro atoms. The molecule has 8 heteroatoms. The molecule has 0 bridgehead atoms. The number of aryl methyl sites for hydroxylation is 2. The highest BCUT2D eigenvalue weighted by atomic mass is 127. The summed E-state index contributed by atoms with van der Waals surface area (Å²) in [5.41, 5.74) is 2.92. The summed E-state index contributed by atoms with van der Waals surface area (Å²) in [5, 5.41) is 7.69. The van der Waals surface area contributed by atoms with Gasteiger partial charge >= 0.3 is 0 Å². The van der Waals surface area contributed by atoms with Gasteiger partial charge in [-0.1, -0.05) is 18.2 Å². The Labute approximate surface area is 180 Å². The minimum atomic E-state index is 0. The molecule has 0 atom stereocenters. The highest BCUT2D eigenvalue weighted by molar-refractivity contribution is 14.0. The van der Waals surface area contributed by atoms with Crippen molar-refractivity contribution >= 4 is 41.3 Å². The number of halogens is 1. The van der Waals surface area contributed by atoms with Crippen LogP contribution in [0.25, 0.3) is 11.5 Å². The average Bonchev–Trinajstić information content (AvgIpc) is 3.25. The second kappa shape index (κ2) is 10.4. The third-order valence-electron chi connectivity index (χ3n) is 3.88. The molecular formula is C19H24IN5OS. The SMILES string of the molecule is CN=C(NCCc1sc(C)nc1C)NCc1coc(-c2ccccc2)n1.I. The van der Waals surface area contributed by atoms with Crippen LogP contribution in [0.2, 0.25) is 0 Å². The first kappa shape index (κ1) is 21.4.